The smallest absolute Gasteiger partial charge is 0.315 e. The summed E-state index contributed by atoms with van der Waals surface area (Å²) in [6.07, 6.45) is 4.88. The summed E-state index contributed by atoms with van der Waals surface area (Å²) in [5.41, 5.74) is 2.66. The lowest BCUT2D eigenvalue weighted by Gasteiger charge is -2.38. The lowest BCUT2D eigenvalue weighted by molar-refractivity contribution is -0.134. The van der Waals surface area contributed by atoms with E-state index in [0.29, 0.717) is 51.4 Å². The number of likely N-dealkylation sites (N-methyl/N-ethyl adjacent to an activating group) is 1. The van der Waals surface area contributed by atoms with E-state index in [1.165, 1.54) is 0 Å². The Labute approximate surface area is 238 Å². The fourth-order valence-electron chi connectivity index (χ4n) is 6.54. The third kappa shape index (κ3) is 5.87. The van der Waals surface area contributed by atoms with E-state index in [9.17, 15) is 14.4 Å². The normalized spacial score (nSPS) is 21.8. The van der Waals surface area contributed by atoms with Crippen molar-refractivity contribution in [1.29, 1.82) is 0 Å². The average molecular weight is 546 g/mol. The Bertz CT molecular complexity index is 1210. The molecule has 3 aliphatic rings. The minimum absolute atomic E-state index is 0.0454. The predicted molar refractivity (Wildman–Crippen MR) is 157 cm³/mol. The molecule has 0 spiro atoms. The Balaban J connectivity index is 1.22. The maximum absolute atomic E-state index is 13.8. The minimum atomic E-state index is -0.605. The summed E-state index contributed by atoms with van der Waals surface area (Å²) in [6.45, 7) is 6.74. The van der Waals surface area contributed by atoms with Crippen LogP contribution in [0.4, 0.5) is 10.5 Å². The number of rotatable bonds is 8. The Morgan fingerprint density at radius 3 is 2.38 bits per heavy atom. The molecule has 0 aromatic heterocycles. The van der Waals surface area contributed by atoms with E-state index in [4.69, 9.17) is 0 Å². The van der Waals surface area contributed by atoms with Gasteiger partial charge >= 0.3 is 6.03 Å². The number of hydrogen-bond donors (Lipinski definition) is 2. The number of hydrogen-bond acceptors (Lipinski definition) is 4. The number of aryl methyl sites for hydroxylation is 1. The highest BCUT2D eigenvalue weighted by Crippen LogP contribution is 2.43. The molecule has 5 rings (SSSR count). The number of carbonyl (C=O) groups is 3. The van der Waals surface area contributed by atoms with Gasteiger partial charge in [-0.3, -0.25) is 9.59 Å². The molecule has 214 valence electrons. The van der Waals surface area contributed by atoms with Gasteiger partial charge in [0.15, 0.2) is 0 Å². The first-order valence-electron chi connectivity index (χ1n) is 14.8. The molecule has 2 atom stereocenters. The summed E-state index contributed by atoms with van der Waals surface area (Å²) in [6, 6.07) is 17.6. The number of fused-ring (bicyclic) bond motifs is 1. The van der Waals surface area contributed by atoms with Gasteiger partial charge in [0.1, 0.15) is 6.04 Å². The van der Waals surface area contributed by atoms with E-state index in [2.05, 4.69) is 34.7 Å². The highest BCUT2D eigenvalue weighted by atomic mass is 16.2. The van der Waals surface area contributed by atoms with E-state index < -0.39 is 11.5 Å². The summed E-state index contributed by atoms with van der Waals surface area (Å²) < 4.78 is 0. The number of nitrogens with zero attached hydrogens (tertiary/aromatic N) is 3. The lowest BCUT2D eigenvalue weighted by Crippen LogP contribution is -2.56. The third-order valence-corrected chi connectivity index (χ3v) is 9.07. The van der Waals surface area contributed by atoms with Gasteiger partial charge in [-0.25, -0.2) is 4.79 Å². The molecule has 0 unspecified atom stereocenters. The van der Waals surface area contributed by atoms with Gasteiger partial charge < -0.3 is 25.3 Å². The van der Waals surface area contributed by atoms with Crippen LogP contribution in [0.3, 0.4) is 0 Å². The Hall–Kier alpha value is -3.39. The van der Waals surface area contributed by atoms with Crippen molar-refractivity contribution < 1.29 is 14.4 Å². The molecule has 8 nitrogen and oxygen atoms in total. The Kier molecular flexibility index (Phi) is 8.45. The van der Waals surface area contributed by atoms with Gasteiger partial charge in [-0.1, -0.05) is 48.5 Å². The summed E-state index contributed by atoms with van der Waals surface area (Å²) in [5, 5.41) is 6.00. The first kappa shape index (κ1) is 28.1. The summed E-state index contributed by atoms with van der Waals surface area (Å²) >= 11 is 0. The molecule has 3 aliphatic heterocycles. The van der Waals surface area contributed by atoms with Crippen molar-refractivity contribution in [3.63, 3.8) is 0 Å². The molecule has 40 heavy (non-hydrogen) atoms. The van der Waals surface area contributed by atoms with Crippen molar-refractivity contribution in [3.8, 4) is 0 Å². The number of likely N-dealkylation sites (tertiary alicyclic amines) is 2. The van der Waals surface area contributed by atoms with Gasteiger partial charge in [0.2, 0.25) is 11.8 Å². The van der Waals surface area contributed by atoms with E-state index in [0.717, 1.165) is 36.2 Å². The van der Waals surface area contributed by atoms with Crippen LogP contribution in [0.1, 0.15) is 57.1 Å². The van der Waals surface area contributed by atoms with Gasteiger partial charge in [-0.2, -0.15) is 0 Å². The lowest BCUT2D eigenvalue weighted by atomic mass is 9.86. The predicted octanol–water partition coefficient (Wildman–Crippen LogP) is 3.70. The van der Waals surface area contributed by atoms with E-state index in [1.54, 1.807) is 0 Å². The van der Waals surface area contributed by atoms with E-state index in [-0.39, 0.29) is 23.9 Å². The maximum atomic E-state index is 13.8. The first-order valence-corrected chi connectivity index (χ1v) is 14.8. The number of piperidine rings is 1. The Morgan fingerprint density at radius 1 is 0.975 bits per heavy atom. The van der Waals surface area contributed by atoms with Gasteiger partial charge in [-0.05, 0) is 83.2 Å². The average Bonchev–Trinajstić information content (AvgIpc) is 3.47. The zero-order valence-corrected chi connectivity index (χ0v) is 24.1. The van der Waals surface area contributed by atoms with E-state index >= 15 is 0 Å². The number of urea groups is 1. The molecule has 3 heterocycles. The molecule has 2 aromatic carbocycles. The number of benzene rings is 2. The quantitative estimate of drug-likeness (QED) is 0.530. The monoisotopic (exact) mass is 545 g/mol. The van der Waals surface area contributed by atoms with Gasteiger partial charge in [0, 0.05) is 37.4 Å². The number of para-hydroxylation sites is 1. The fraction of sp³-hybridized carbons (Fsp3) is 0.531. The standard InChI is InChI=1S/C32H43N5O3/c1-32(2)26-13-7-8-14-28(26)37(30(32)39)24-17-20-36(21-18-24)29(38)27(16-15-23-10-5-4-6-11-23)34-31(40)33-22-25-12-9-19-35(25)3/h4-8,10-11,13-14,24-25,27H,9,12,15-22H2,1-3H3,(H2,33,34,40)/t25-,27-/m0/s1. The third-order valence-electron chi connectivity index (χ3n) is 9.07. The van der Waals surface area contributed by atoms with Crippen LogP contribution in [-0.4, -0.2) is 79.0 Å². The van der Waals surface area contributed by atoms with Crippen LogP contribution in [0, 0.1) is 0 Å². The van der Waals surface area contributed by atoms with Crippen molar-refractivity contribution in [2.24, 2.45) is 0 Å². The van der Waals surface area contributed by atoms with Crippen LogP contribution in [0.15, 0.2) is 54.6 Å². The zero-order chi connectivity index (χ0) is 28.3. The molecule has 2 N–H and O–H groups in total. The second kappa shape index (κ2) is 12.0. The second-order valence-electron chi connectivity index (χ2n) is 12.1. The van der Waals surface area contributed by atoms with E-state index in [1.807, 2.05) is 66.1 Å². The molecule has 4 amide bonds. The van der Waals surface area contributed by atoms with Crippen molar-refractivity contribution in [2.75, 3.05) is 38.1 Å². The van der Waals surface area contributed by atoms with Crippen LogP contribution in [0.5, 0.6) is 0 Å². The van der Waals surface area contributed by atoms with Crippen molar-refractivity contribution in [2.45, 2.75) is 75.9 Å². The van der Waals surface area contributed by atoms with Crippen LogP contribution >= 0.6 is 0 Å². The van der Waals surface area contributed by atoms with Crippen LogP contribution in [0.25, 0.3) is 0 Å². The topological polar surface area (TPSA) is 85.0 Å². The minimum Gasteiger partial charge on any atom is -0.341 e. The molecule has 0 aliphatic carbocycles. The largest absolute Gasteiger partial charge is 0.341 e. The first-order chi connectivity index (χ1) is 19.3. The van der Waals surface area contributed by atoms with Crippen LogP contribution in [-0.2, 0) is 21.4 Å². The highest BCUT2D eigenvalue weighted by Gasteiger charge is 2.46. The fourth-order valence-corrected chi connectivity index (χ4v) is 6.54. The number of anilines is 1. The highest BCUT2D eigenvalue weighted by molar-refractivity contribution is 6.08. The van der Waals surface area contributed by atoms with Gasteiger partial charge in [0.05, 0.1) is 5.41 Å². The Morgan fingerprint density at radius 2 is 1.68 bits per heavy atom. The zero-order valence-electron chi connectivity index (χ0n) is 24.1. The van der Waals surface area contributed by atoms with Crippen molar-refractivity contribution in [3.05, 3.63) is 65.7 Å². The molecular formula is C32H43N5O3. The molecule has 2 aromatic rings. The van der Waals surface area contributed by atoms with Gasteiger partial charge in [-0.15, -0.1) is 0 Å². The molecule has 0 saturated carbocycles. The second-order valence-corrected chi connectivity index (χ2v) is 12.1. The number of nitrogens with one attached hydrogen (secondary N) is 2. The van der Waals surface area contributed by atoms with Gasteiger partial charge in [0.25, 0.3) is 0 Å². The van der Waals surface area contributed by atoms with Crippen molar-refractivity contribution in [1.82, 2.24) is 20.4 Å². The van der Waals surface area contributed by atoms with Crippen LogP contribution < -0.4 is 15.5 Å². The van der Waals surface area contributed by atoms with Crippen LogP contribution in [0.2, 0.25) is 0 Å². The summed E-state index contributed by atoms with van der Waals surface area (Å²) in [5.74, 6) is 0.0847. The summed E-state index contributed by atoms with van der Waals surface area (Å²) in [7, 11) is 2.09. The maximum Gasteiger partial charge on any atom is 0.315 e. The molecular weight excluding hydrogens is 502 g/mol. The summed E-state index contributed by atoms with van der Waals surface area (Å²) in [4.78, 5) is 46.2. The molecule has 0 bridgehead atoms. The number of amides is 4. The molecule has 2 saturated heterocycles. The van der Waals surface area contributed by atoms with Crippen molar-refractivity contribution >= 4 is 23.5 Å². The number of carbonyl (C=O) groups excluding carboxylic acids is 3. The SMILES string of the molecule is CN1CCC[C@H]1CNC(=O)N[C@@H](CCc1ccccc1)C(=O)N1CCC(N2C(=O)C(C)(C)c3ccccc32)CC1. The molecule has 2 fully saturated rings. The molecule has 0 radical (unpaired) electrons. The molecule has 8 heteroatoms.